The number of hydrogen-bond donors (Lipinski definition) is 1. The van der Waals surface area contributed by atoms with Crippen LogP contribution in [0.1, 0.15) is 37.1 Å². The highest BCUT2D eigenvalue weighted by atomic mass is 19.1. The number of nitrogens with zero attached hydrogens (tertiary/aromatic N) is 1. The van der Waals surface area contributed by atoms with Gasteiger partial charge >= 0.3 is 0 Å². The van der Waals surface area contributed by atoms with Gasteiger partial charge in [-0.05, 0) is 37.5 Å². The van der Waals surface area contributed by atoms with Gasteiger partial charge in [0.2, 0.25) is 0 Å². The summed E-state index contributed by atoms with van der Waals surface area (Å²) in [5, 5.41) is 0. The summed E-state index contributed by atoms with van der Waals surface area (Å²) in [6.07, 6.45) is 5.09. The molecule has 1 aromatic heterocycles. The van der Waals surface area contributed by atoms with Gasteiger partial charge in [0, 0.05) is 24.9 Å². The van der Waals surface area contributed by atoms with Crippen molar-refractivity contribution in [1.82, 2.24) is 9.97 Å². The fraction of sp³-hybridized carbons (Fsp3) is 0.375. The lowest BCUT2D eigenvalue weighted by Gasteiger charge is -2.17. The van der Waals surface area contributed by atoms with Crippen LogP contribution >= 0.6 is 0 Å². The second kappa shape index (κ2) is 7.69. The van der Waals surface area contributed by atoms with Gasteiger partial charge in [-0.25, -0.2) is 9.37 Å². The molecule has 2 rings (SSSR count). The monoisotopic (exact) mass is 290 g/mol. The zero-order chi connectivity index (χ0) is 15.1. The molecule has 0 fully saturated rings. The quantitative estimate of drug-likeness (QED) is 0.759. The van der Waals surface area contributed by atoms with Gasteiger partial charge in [-0.3, -0.25) is 4.79 Å². The topological polar surface area (TPSA) is 55.0 Å². The number of imidazole rings is 1. The second-order valence-electron chi connectivity index (χ2n) is 5.00. The fourth-order valence-corrected chi connectivity index (χ4v) is 2.12. The zero-order valence-corrected chi connectivity index (χ0v) is 12.0. The lowest BCUT2D eigenvalue weighted by molar-refractivity contribution is -0.120. The number of hydrogen-bond acceptors (Lipinski definition) is 3. The number of benzene rings is 1. The Morgan fingerprint density at radius 2 is 2.14 bits per heavy atom. The fourth-order valence-electron chi connectivity index (χ4n) is 2.12. The molecule has 0 bridgehead atoms. The first-order chi connectivity index (χ1) is 10.1. The molecule has 1 unspecified atom stereocenters. The average Bonchev–Trinajstić information content (AvgIpc) is 2.96. The Kier molecular flexibility index (Phi) is 5.63. The molecule has 5 heteroatoms. The lowest BCUT2D eigenvalue weighted by atomic mass is 10.0. The van der Waals surface area contributed by atoms with Crippen LogP contribution < -0.4 is 0 Å². The van der Waals surface area contributed by atoms with Gasteiger partial charge in [-0.2, -0.15) is 0 Å². The van der Waals surface area contributed by atoms with Crippen molar-refractivity contribution < 1.29 is 13.9 Å². The smallest absolute Gasteiger partial charge is 0.132 e. The first kappa shape index (κ1) is 15.4. The van der Waals surface area contributed by atoms with E-state index in [4.69, 9.17) is 4.74 Å². The van der Waals surface area contributed by atoms with E-state index in [9.17, 15) is 9.18 Å². The molecule has 0 amide bonds. The number of aryl methyl sites for hydroxylation is 1. The molecule has 0 saturated carbocycles. The van der Waals surface area contributed by atoms with Gasteiger partial charge in [0.05, 0.1) is 12.4 Å². The molecule has 1 heterocycles. The minimum Gasteiger partial charge on any atom is -0.373 e. The number of aromatic amines is 1. The summed E-state index contributed by atoms with van der Waals surface area (Å²) in [6.45, 7) is 2.07. The van der Waals surface area contributed by atoms with Gasteiger partial charge < -0.3 is 9.72 Å². The van der Waals surface area contributed by atoms with Crippen LogP contribution in [0.15, 0.2) is 36.8 Å². The maximum absolute atomic E-state index is 13.0. The number of ether oxygens (including phenoxy) is 1. The maximum atomic E-state index is 13.0. The molecule has 21 heavy (non-hydrogen) atoms. The predicted molar refractivity (Wildman–Crippen MR) is 77.3 cm³/mol. The van der Waals surface area contributed by atoms with Crippen molar-refractivity contribution in [3.63, 3.8) is 0 Å². The number of halogens is 1. The van der Waals surface area contributed by atoms with Crippen LogP contribution in [-0.4, -0.2) is 22.4 Å². The van der Waals surface area contributed by atoms with Gasteiger partial charge in [0.1, 0.15) is 11.6 Å². The van der Waals surface area contributed by atoms with Crippen molar-refractivity contribution in [1.29, 1.82) is 0 Å². The largest absolute Gasteiger partial charge is 0.373 e. The lowest BCUT2D eigenvalue weighted by Crippen LogP contribution is -2.10. The molecule has 0 radical (unpaired) electrons. The van der Waals surface area contributed by atoms with Crippen LogP contribution in [0, 0.1) is 5.82 Å². The zero-order valence-electron chi connectivity index (χ0n) is 12.0. The van der Waals surface area contributed by atoms with Crippen molar-refractivity contribution >= 4 is 5.78 Å². The van der Waals surface area contributed by atoms with Crippen molar-refractivity contribution in [2.24, 2.45) is 0 Å². The molecule has 4 nitrogen and oxygen atoms in total. The Balaban J connectivity index is 1.87. The molecule has 0 saturated heterocycles. The number of nitrogens with one attached hydrogen (secondary N) is 1. The standard InChI is InChI=1S/C16H19FN2O2/c1-12(20)9-16(13-4-6-14(17)7-5-13)21-8-2-3-15-10-18-11-19-15/h4-7,10-11,16H,2-3,8-9H2,1H3,(H,18,19). The Labute approximate surface area is 123 Å². The van der Waals surface area contributed by atoms with Crippen molar-refractivity contribution in [3.05, 3.63) is 53.9 Å². The molecule has 2 aromatic rings. The third-order valence-corrected chi connectivity index (χ3v) is 3.18. The Morgan fingerprint density at radius 3 is 2.76 bits per heavy atom. The van der Waals surface area contributed by atoms with Gasteiger partial charge in [0.15, 0.2) is 0 Å². The molecule has 1 aromatic carbocycles. The average molecular weight is 290 g/mol. The molecule has 0 spiro atoms. The summed E-state index contributed by atoms with van der Waals surface area (Å²) >= 11 is 0. The van der Waals surface area contributed by atoms with Crippen molar-refractivity contribution in [2.75, 3.05) is 6.61 Å². The first-order valence-electron chi connectivity index (χ1n) is 6.99. The highest BCUT2D eigenvalue weighted by Crippen LogP contribution is 2.22. The van der Waals surface area contributed by atoms with E-state index < -0.39 is 0 Å². The van der Waals surface area contributed by atoms with Crippen LogP contribution in [0.4, 0.5) is 4.39 Å². The van der Waals surface area contributed by atoms with Crippen LogP contribution in [0.3, 0.4) is 0 Å². The third kappa shape index (κ3) is 5.11. The molecule has 0 aliphatic rings. The van der Waals surface area contributed by atoms with E-state index in [1.54, 1.807) is 24.7 Å². The van der Waals surface area contributed by atoms with E-state index in [1.165, 1.54) is 19.1 Å². The van der Waals surface area contributed by atoms with E-state index in [2.05, 4.69) is 9.97 Å². The van der Waals surface area contributed by atoms with Crippen LogP contribution in [-0.2, 0) is 16.0 Å². The Bertz CT molecular complexity index is 552. The highest BCUT2D eigenvalue weighted by Gasteiger charge is 2.14. The van der Waals surface area contributed by atoms with E-state index in [-0.39, 0.29) is 17.7 Å². The molecule has 1 N–H and O–H groups in total. The van der Waals surface area contributed by atoms with Crippen molar-refractivity contribution in [3.8, 4) is 0 Å². The molecular weight excluding hydrogens is 271 g/mol. The number of H-pyrrole nitrogens is 1. The SMILES string of the molecule is CC(=O)CC(OCCCc1cnc[nH]1)c1ccc(F)cc1. The number of carbonyl (C=O) groups is 1. The van der Waals surface area contributed by atoms with Crippen LogP contribution in [0.5, 0.6) is 0 Å². The van der Waals surface area contributed by atoms with Gasteiger partial charge in [0.25, 0.3) is 0 Å². The van der Waals surface area contributed by atoms with Gasteiger partial charge in [-0.15, -0.1) is 0 Å². The summed E-state index contributed by atoms with van der Waals surface area (Å²) in [5.41, 5.74) is 1.89. The first-order valence-corrected chi connectivity index (χ1v) is 6.99. The molecule has 1 atom stereocenters. The second-order valence-corrected chi connectivity index (χ2v) is 5.00. The van der Waals surface area contributed by atoms with E-state index >= 15 is 0 Å². The Hall–Kier alpha value is -2.01. The minimum absolute atomic E-state index is 0.0536. The number of carbonyl (C=O) groups excluding carboxylic acids is 1. The summed E-state index contributed by atoms with van der Waals surface area (Å²) in [6, 6.07) is 6.10. The van der Waals surface area contributed by atoms with E-state index in [0.29, 0.717) is 13.0 Å². The van der Waals surface area contributed by atoms with Crippen molar-refractivity contribution in [2.45, 2.75) is 32.3 Å². The summed E-state index contributed by atoms with van der Waals surface area (Å²) in [7, 11) is 0. The number of aromatic nitrogens is 2. The summed E-state index contributed by atoms with van der Waals surface area (Å²) < 4.78 is 18.8. The third-order valence-electron chi connectivity index (χ3n) is 3.18. The van der Waals surface area contributed by atoms with Gasteiger partial charge in [-0.1, -0.05) is 12.1 Å². The predicted octanol–water partition coefficient (Wildman–Crippen LogP) is 3.22. The maximum Gasteiger partial charge on any atom is 0.132 e. The normalized spacial score (nSPS) is 12.3. The summed E-state index contributed by atoms with van der Waals surface area (Å²) in [4.78, 5) is 18.3. The van der Waals surface area contributed by atoms with E-state index in [0.717, 1.165) is 24.1 Å². The number of ketones is 1. The molecular formula is C16H19FN2O2. The minimum atomic E-state index is -0.315. The summed E-state index contributed by atoms with van der Waals surface area (Å²) in [5.74, 6) is -0.238. The molecule has 112 valence electrons. The molecule has 0 aliphatic carbocycles. The molecule has 0 aliphatic heterocycles. The Morgan fingerprint density at radius 1 is 1.38 bits per heavy atom. The van der Waals surface area contributed by atoms with Crippen LogP contribution in [0.2, 0.25) is 0 Å². The highest BCUT2D eigenvalue weighted by molar-refractivity contribution is 5.76. The number of rotatable bonds is 8. The number of Topliss-reactive ketones (excluding diaryl/α,β-unsaturated/α-hetero) is 1. The van der Waals surface area contributed by atoms with E-state index in [1.807, 2.05) is 0 Å². The van der Waals surface area contributed by atoms with Crippen LogP contribution in [0.25, 0.3) is 0 Å².